The molecule has 2 aliphatic carbocycles. The van der Waals surface area contributed by atoms with Crippen molar-refractivity contribution in [3.8, 4) is 0 Å². The van der Waals surface area contributed by atoms with Crippen LogP contribution >= 0.6 is 10.9 Å². The van der Waals surface area contributed by atoms with E-state index in [0.29, 0.717) is 43.4 Å². The summed E-state index contributed by atoms with van der Waals surface area (Å²) in [5.41, 5.74) is 5.66. The maximum absolute atomic E-state index is 10.1. The van der Waals surface area contributed by atoms with E-state index in [1.54, 1.807) is 0 Å². The van der Waals surface area contributed by atoms with Gasteiger partial charge in [-0.1, -0.05) is 13.8 Å². The Bertz CT molecular complexity index is 1140. The lowest BCUT2D eigenvalue weighted by atomic mass is 9.66. The van der Waals surface area contributed by atoms with Crippen molar-refractivity contribution in [2.24, 2.45) is 28.6 Å². The number of ether oxygens (including phenoxy) is 1. The number of hydrogen-bond donors (Lipinski definition) is 4. The van der Waals surface area contributed by atoms with E-state index < -0.39 is 16.1 Å². The van der Waals surface area contributed by atoms with Gasteiger partial charge in [0.25, 0.3) is 0 Å². The van der Waals surface area contributed by atoms with Gasteiger partial charge in [0, 0.05) is 60.2 Å². The molecule has 5 heterocycles. The molecule has 1 saturated heterocycles. The van der Waals surface area contributed by atoms with Gasteiger partial charge in [0.05, 0.1) is 33.7 Å². The maximum atomic E-state index is 10.1. The summed E-state index contributed by atoms with van der Waals surface area (Å²) in [6, 6.07) is 0.994. The van der Waals surface area contributed by atoms with E-state index in [1.807, 2.05) is 0 Å². The Morgan fingerprint density at radius 2 is 1.74 bits per heavy atom. The molecule has 0 amide bonds. The third kappa shape index (κ3) is 3.91. The third-order valence-corrected chi connectivity index (χ3v) is 13.6. The molecule has 8 atom stereocenters. The molecule has 8 unspecified atom stereocenters. The van der Waals surface area contributed by atoms with Gasteiger partial charge in [-0.2, -0.15) is 0 Å². The van der Waals surface area contributed by atoms with Gasteiger partial charge in [-0.15, -0.1) is 0 Å². The topological polar surface area (TPSA) is 96.4 Å². The Hall–Kier alpha value is -0.900. The molecule has 7 aliphatic rings. The summed E-state index contributed by atoms with van der Waals surface area (Å²) in [6.45, 7) is 12.0. The molecule has 0 spiro atoms. The second kappa shape index (κ2) is 9.05. The van der Waals surface area contributed by atoms with Crippen molar-refractivity contribution < 1.29 is 28.1 Å². The molecule has 4 N–H and O–H groups in total. The summed E-state index contributed by atoms with van der Waals surface area (Å²) in [6.07, 6.45) is 11.7. The molecule has 0 radical (unpaired) electrons. The van der Waals surface area contributed by atoms with E-state index in [1.165, 1.54) is 41.8 Å². The molecule has 8 heteroatoms. The van der Waals surface area contributed by atoms with Crippen LogP contribution in [0.25, 0.3) is 0 Å². The Morgan fingerprint density at radius 3 is 2.49 bits per heavy atom. The number of allylic oxidation sites excluding steroid dienone is 1. The molecule has 39 heavy (non-hydrogen) atoms. The number of fused-ring (bicyclic) bond motifs is 8. The predicted molar refractivity (Wildman–Crippen MR) is 154 cm³/mol. The number of nitrogens with zero attached hydrogens (tertiary/aromatic N) is 2. The molecule has 2 saturated carbocycles. The lowest BCUT2D eigenvalue weighted by Gasteiger charge is -2.43. The monoisotopic (exact) mass is 561 g/mol. The fourth-order valence-electron chi connectivity index (χ4n) is 10.5. The van der Waals surface area contributed by atoms with Crippen LogP contribution in [0.1, 0.15) is 85.5 Å². The van der Waals surface area contributed by atoms with Gasteiger partial charge in [-0.3, -0.25) is 0 Å². The highest BCUT2D eigenvalue weighted by Crippen LogP contribution is 2.60. The number of rotatable bonds is 3. The minimum absolute atomic E-state index is 0.0843. The Morgan fingerprint density at radius 1 is 0.949 bits per heavy atom. The maximum Gasteiger partial charge on any atom is 0.188 e. The van der Waals surface area contributed by atoms with Crippen molar-refractivity contribution >= 4 is 16.6 Å². The minimum Gasteiger partial charge on any atom is -0.396 e. The fraction of sp³-hybridized carbons (Fsp3) is 0.839. The summed E-state index contributed by atoms with van der Waals surface area (Å²) in [5, 5.41) is 9.20. The smallest absolute Gasteiger partial charge is 0.188 e. The zero-order valence-electron chi connectivity index (χ0n) is 24.2. The molecule has 0 aromatic rings. The van der Waals surface area contributed by atoms with E-state index in [4.69, 9.17) is 4.74 Å². The zero-order valence-corrected chi connectivity index (χ0v) is 25.0. The number of hydrogen-bond acceptors (Lipinski definition) is 6. The average Bonchev–Trinajstić information content (AvgIpc) is 3.26. The van der Waals surface area contributed by atoms with Crippen molar-refractivity contribution in [3.63, 3.8) is 0 Å². The van der Waals surface area contributed by atoms with Crippen LogP contribution in [0.4, 0.5) is 0 Å². The van der Waals surface area contributed by atoms with Gasteiger partial charge in [0.2, 0.25) is 0 Å². The van der Waals surface area contributed by atoms with Gasteiger partial charge in [0.1, 0.15) is 6.54 Å². The molecule has 0 aromatic carbocycles. The average molecular weight is 562 g/mol. The summed E-state index contributed by atoms with van der Waals surface area (Å²) in [4.78, 5) is 2.76. The van der Waals surface area contributed by atoms with Crippen LogP contribution in [0.2, 0.25) is 0 Å². The Kier molecular flexibility index (Phi) is 6.26. The molecular formula is C31H49N2O5S+. The highest BCUT2D eigenvalue weighted by molar-refractivity contribution is 8.19. The van der Waals surface area contributed by atoms with Crippen LogP contribution < -0.4 is 0 Å². The van der Waals surface area contributed by atoms with Crippen molar-refractivity contribution in [3.05, 3.63) is 22.9 Å². The van der Waals surface area contributed by atoms with Crippen molar-refractivity contribution in [1.82, 2.24) is 4.90 Å². The highest BCUT2D eigenvalue weighted by Gasteiger charge is 2.62. The first kappa shape index (κ1) is 27.0. The van der Waals surface area contributed by atoms with E-state index >= 15 is 0 Å². The van der Waals surface area contributed by atoms with E-state index in [2.05, 4.69) is 43.2 Å². The van der Waals surface area contributed by atoms with Gasteiger partial charge >= 0.3 is 0 Å². The lowest BCUT2D eigenvalue weighted by molar-refractivity contribution is -0.571. The van der Waals surface area contributed by atoms with Crippen LogP contribution in [0.15, 0.2) is 22.9 Å². The molecule has 5 aliphatic heterocycles. The van der Waals surface area contributed by atoms with Gasteiger partial charge in [-0.25, -0.2) is 4.58 Å². The molecule has 3 fully saturated rings. The summed E-state index contributed by atoms with van der Waals surface area (Å²) in [5.74, 6) is 1.54. The van der Waals surface area contributed by atoms with Crippen LogP contribution in [-0.2, 0) is 4.74 Å². The van der Waals surface area contributed by atoms with E-state index in [9.17, 15) is 18.8 Å². The molecule has 218 valence electrons. The predicted octanol–water partition coefficient (Wildman–Crippen LogP) is 5.51. The highest BCUT2D eigenvalue weighted by atomic mass is 32.3. The quantitative estimate of drug-likeness (QED) is 0.340. The van der Waals surface area contributed by atoms with Gasteiger partial charge < -0.3 is 28.4 Å². The second-order valence-electron chi connectivity index (χ2n) is 14.8. The second-order valence-corrected chi connectivity index (χ2v) is 16.6. The van der Waals surface area contributed by atoms with E-state index in [0.717, 1.165) is 38.8 Å². The summed E-state index contributed by atoms with van der Waals surface area (Å²) in [7, 11) is -3.52. The standard InChI is InChI=1S/C31H48N2O5S/c1-30(2)22-15-18(11-14-34)5-7-24(22)32-12-9-26-20(28(30)32)17-21-27(38-26)10-13-33-25-8-6-19(39(35,36)37)16-23(25)31(3,4)29(21)33/h17-19,22-27,34H,5-16H2,1-4H3,(H2-,35,36,37)/p+1. The minimum atomic E-state index is -3.52. The third-order valence-electron chi connectivity index (χ3n) is 12.3. The summed E-state index contributed by atoms with van der Waals surface area (Å²) < 4.78 is 39.9. The normalized spacial score (nSPS) is 42.7. The van der Waals surface area contributed by atoms with Crippen LogP contribution in [-0.4, -0.2) is 83.2 Å². The first-order valence-electron chi connectivity index (χ1n) is 15.6. The SMILES string of the molecule is CC1(C)C2=C3C=C4C5=[N+](CCC4OC3CCN2C2CCC(CCO)CC21)C1CCC(S(O)(O)O)CC1C5(C)C. The van der Waals surface area contributed by atoms with Gasteiger partial charge in [0.15, 0.2) is 11.8 Å². The first-order chi connectivity index (χ1) is 18.4. The Labute approximate surface area is 235 Å². The lowest BCUT2D eigenvalue weighted by Crippen LogP contribution is -2.47. The largest absolute Gasteiger partial charge is 0.396 e. The molecule has 7 rings (SSSR count). The fourth-order valence-corrected chi connectivity index (χ4v) is 11.5. The zero-order chi connectivity index (χ0) is 27.5. The van der Waals surface area contributed by atoms with Crippen molar-refractivity contribution in [2.45, 2.75) is 115 Å². The molecular weight excluding hydrogens is 512 g/mol. The summed E-state index contributed by atoms with van der Waals surface area (Å²) >= 11 is 0. The Balaban J connectivity index is 1.29. The molecule has 7 nitrogen and oxygen atoms in total. The van der Waals surface area contributed by atoms with Crippen molar-refractivity contribution in [1.29, 1.82) is 0 Å². The van der Waals surface area contributed by atoms with Crippen LogP contribution in [0, 0.1) is 28.6 Å². The van der Waals surface area contributed by atoms with E-state index in [-0.39, 0.29) is 29.0 Å². The van der Waals surface area contributed by atoms with Crippen LogP contribution in [0.5, 0.6) is 0 Å². The first-order valence-corrected chi connectivity index (χ1v) is 17.1. The number of aliphatic hydroxyl groups is 1. The number of aliphatic hydroxyl groups excluding tert-OH is 1. The molecule has 0 bridgehead atoms. The van der Waals surface area contributed by atoms with Crippen molar-refractivity contribution in [2.75, 3.05) is 19.7 Å². The van der Waals surface area contributed by atoms with Crippen LogP contribution in [0.3, 0.4) is 0 Å². The molecule has 0 aromatic heterocycles. The van der Waals surface area contributed by atoms with Gasteiger partial charge in [-0.05, 0) is 76.7 Å².